The first-order valence-electron chi connectivity index (χ1n) is 4.29. The van der Waals surface area contributed by atoms with Crippen LogP contribution in [0.25, 0.3) is 0 Å². The molecule has 0 aromatic rings. The average molecular weight is 159 g/mol. The fourth-order valence-corrected chi connectivity index (χ4v) is 1.40. The predicted molar refractivity (Wildman–Crippen MR) is 43.2 cm³/mol. The van der Waals surface area contributed by atoms with Gasteiger partial charge in [0.1, 0.15) is 0 Å². The highest BCUT2D eigenvalue weighted by Crippen LogP contribution is 2.14. The Kier molecular flexibility index (Phi) is 3.83. The molecule has 66 valence electrons. The number of hydrogen-bond donors (Lipinski definition) is 0. The maximum Gasteiger partial charge on any atom is 0.0977 e. The largest absolute Gasteiger partial charge is 0.301 e. The SMILES string of the molecule is CCOOC[C@@H]1CCCN1C. The molecule has 1 rings (SSSR count). The van der Waals surface area contributed by atoms with Crippen molar-refractivity contribution in [3.8, 4) is 0 Å². The van der Waals surface area contributed by atoms with Crippen LogP contribution in [0.3, 0.4) is 0 Å². The third-order valence-corrected chi connectivity index (χ3v) is 2.13. The van der Waals surface area contributed by atoms with Crippen LogP contribution in [0.5, 0.6) is 0 Å². The van der Waals surface area contributed by atoms with Gasteiger partial charge in [0.05, 0.1) is 13.2 Å². The van der Waals surface area contributed by atoms with Gasteiger partial charge in [-0.05, 0) is 33.4 Å². The topological polar surface area (TPSA) is 21.7 Å². The second kappa shape index (κ2) is 4.70. The third-order valence-electron chi connectivity index (χ3n) is 2.13. The number of nitrogens with zero attached hydrogens (tertiary/aromatic N) is 1. The van der Waals surface area contributed by atoms with E-state index in [-0.39, 0.29) is 0 Å². The van der Waals surface area contributed by atoms with E-state index in [1.165, 1.54) is 19.4 Å². The normalized spacial score (nSPS) is 26.2. The summed E-state index contributed by atoms with van der Waals surface area (Å²) in [4.78, 5) is 12.1. The molecule has 0 aliphatic carbocycles. The van der Waals surface area contributed by atoms with Gasteiger partial charge >= 0.3 is 0 Å². The van der Waals surface area contributed by atoms with Gasteiger partial charge in [0, 0.05) is 6.04 Å². The summed E-state index contributed by atoms with van der Waals surface area (Å²) in [5.74, 6) is 0. The Bertz CT molecular complexity index is 108. The number of likely N-dealkylation sites (N-methyl/N-ethyl adjacent to an activating group) is 1. The van der Waals surface area contributed by atoms with Crippen molar-refractivity contribution >= 4 is 0 Å². The summed E-state index contributed by atoms with van der Waals surface area (Å²) in [5, 5.41) is 0. The second-order valence-corrected chi connectivity index (χ2v) is 2.97. The maximum absolute atomic E-state index is 5.00. The molecule has 0 saturated carbocycles. The molecule has 0 aromatic carbocycles. The van der Waals surface area contributed by atoms with E-state index >= 15 is 0 Å². The van der Waals surface area contributed by atoms with Crippen molar-refractivity contribution in [1.82, 2.24) is 4.90 Å². The quantitative estimate of drug-likeness (QED) is 0.347. The Morgan fingerprint density at radius 3 is 2.82 bits per heavy atom. The smallest absolute Gasteiger partial charge is 0.0977 e. The van der Waals surface area contributed by atoms with E-state index in [0.29, 0.717) is 19.3 Å². The zero-order chi connectivity index (χ0) is 8.10. The van der Waals surface area contributed by atoms with Crippen LogP contribution in [0.2, 0.25) is 0 Å². The molecule has 0 N–H and O–H groups in total. The molecule has 1 fully saturated rings. The van der Waals surface area contributed by atoms with Gasteiger partial charge in [-0.2, -0.15) is 0 Å². The lowest BCUT2D eigenvalue weighted by atomic mass is 10.2. The summed E-state index contributed by atoms with van der Waals surface area (Å²) in [6, 6.07) is 0.571. The van der Waals surface area contributed by atoms with Crippen molar-refractivity contribution in [1.29, 1.82) is 0 Å². The lowest BCUT2D eigenvalue weighted by Crippen LogP contribution is -2.29. The van der Waals surface area contributed by atoms with E-state index in [1.54, 1.807) is 0 Å². The van der Waals surface area contributed by atoms with Gasteiger partial charge in [0.25, 0.3) is 0 Å². The molecule has 3 heteroatoms. The van der Waals surface area contributed by atoms with Crippen LogP contribution < -0.4 is 0 Å². The Balaban J connectivity index is 2.05. The fourth-order valence-electron chi connectivity index (χ4n) is 1.40. The van der Waals surface area contributed by atoms with Crippen LogP contribution in [0.4, 0.5) is 0 Å². The van der Waals surface area contributed by atoms with Crippen LogP contribution in [-0.2, 0) is 9.78 Å². The Morgan fingerprint density at radius 1 is 1.45 bits per heavy atom. The van der Waals surface area contributed by atoms with Crippen LogP contribution >= 0.6 is 0 Å². The van der Waals surface area contributed by atoms with E-state index in [0.717, 1.165) is 0 Å². The number of hydrogen-bond acceptors (Lipinski definition) is 3. The molecule has 0 unspecified atom stereocenters. The molecule has 11 heavy (non-hydrogen) atoms. The van der Waals surface area contributed by atoms with E-state index in [1.807, 2.05) is 6.92 Å². The Labute approximate surface area is 68.2 Å². The highest BCUT2D eigenvalue weighted by molar-refractivity contribution is 4.74. The van der Waals surface area contributed by atoms with E-state index in [4.69, 9.17) is 9.78 Å². The van der Waals surface area contributed by atoms with Crippen molar-refractivity contribution in [2.24, 2.45) is 0 Å². The van der Waals surface area contributed by atoms with E-state index < -0.39 is 0 Å². The minimum atomic E-state index is 0.571. The maximum atomic E-state index is 5.00. The standard InChI is InChI=1S/C8H17NO2/c1-3-10-11-7-8-5-4-6-9(8)2/h8H,3-7H2,1-2H3/t8-/m0/s1. The molecule has 1 heterocycles. The molecule has 0 bridgehead atoms. The van der Waals surface area contributed by atoms with Gasteiger partial charge in [-0.25, -0.2) is 9.78 Å². The van der Waals surface area contributed by atoms with E-state index in [9.17, 15) is 0 Å². The van der Waals surface area contributed by atoms with Crippen LogP contribution in [0.1, 0.15) is 19.8 Å². The molecule has 0 radical (unpaired) electrons. The van der Waals surface area contributed by atoms with Crippen molar-refractivity contribution < 1.29 is 9.78 Å². The number of likely N-dealkylation sites (tertiary alicyclic amines) is 1. The summed E-state index contributed by atoms with van der Waals surface area (Å²) < 4.78 is 0. The minimum Gasteiger partial charge on any atom is -0.301 e. The van der Waals surface area contributed by atoms with Gasteiger partial charge < -0.3 is 4.90 Å². The Hall–Kier alpha value is -0.120. The van der Waals surface area contributed by atoms with Gasteiger partial charge in [-0.3, -0.25) is 0 Å². The highest BCUT2D eigenvalue weighted by Gasteiger charge is 2.20. The predicted octanol–water partition coefficient (Wildman–Crippen LogP) is 1.05. The zero-order valence-corrected chi connectivity index (χ0v) is 7.38. The van der Waals surface area contributed by atoms with Gasteiger partial charge in [0.15, 0.2) is 0 Å². The summed E-state index contributed by atoms with van der Waals surface area (Å²) in [6.07, 6.45) is 2.53. The average Bonchev–Trinajstić information content (AvgIpc) is 2.37. The first-order chi connectivity index (χ1) is 5.34. The summed E-state index contributed by atoms with van der Waals surface area (Å²) in [7, 11) is 2.13. The minimum absolute atomic E-state index is 0.571. The summed E-state index contributed by atoms with van der Waals surface area (Å²) in [5.41, 5.74) is 0. The summed E-state index contributed by atoms with van der Waals surface area (Å²) in [6.45, 7) is 4.47. The van der Waals surface area contributed by atoms with Crippen molar-refractivity contribution in [3.63, 3.8) is 0 Å². The fraction of sp³-hybridized carbons (Fsp3) is 1.00. The third kappa shape index (κ3) is 2.77. The van der Waals surface area contributed by atoms with Crippen molar-refractivity contribution in [3.05, 3.63) is 0 Å². The molecule has 1 aliphatic rings. The molecule has 1 aliphatic heterocycles. The second-order valence-electron chi connectivity index (χ2n) is 2.97. The first kappa shape index (κ1) is 8.97. The molecule has 1 saturated heterocycles. The number of rotatable bonds is 4. The Morgan fingerprint density at radius 2 is 2.27 bits per heavy atom. The molecule has 0 spiro atoms. The van der Waals surface area contributed by atoms with E-state index in [2.05, 4.69) is 11.9 Å². The zero-order valence-electron chi connectivity index (χ0n) is 7.38. The monoisotopic (exact) mass is 159 g/mol. The van der Waals surface area contributed by atoms with Gasteiger partial charge in [0.2, 0.25) is 0 Å². The molecule has 1 atom stereocenters. The highest BCUT2D eigenvalue weighted by atomic mass is 17.2. The van der Waals surface area contributed by atoms with Crippen molar-refractivity contribution in [2.75, 3.05) is 26.8 Å². The first-order valence-corrected chi connectivity index (χ1v) is 4.29. The molecule has 0 amide bonds. The molecule has 3 nitrogen and oxygen atoms in total. The molecular weight excluding hydrogens is 142 g/mol. The van der Waals surface area contributed by atoms with Crippen LogP contribution in [0.15, 0.2) is 0 Å². The van der Waals surface area contributed by atoms with Gasteiger partial charge in [-0.1, -0.05) is 0 Å². The summed E-state index contributed by atoms with van der Waals surface area (Å²) >= 11 is 0. The lowest BCUT2D eigenvalue weighted by Gasteiger charge is -2.17. The van der Waals surface area contributed by atoms with Crippen LogP contribution in [0, 0.1) is 0 Å². The van der Waals surface area contributed by atoms with Crippen molar-refractivity contribution in [2.45, 2.75) is 25.8 Å². The lowest BCUT2D eigenvalue weighted by molar-refractivity contribution is -0.296. The van der Waals surface area contributed by atoms with Gasteiger partial charge in [-0.15, -0.1) is 0 Å². The molecular formula is C8H17NO2. The molecule has 0 aromatic heterocycles. The van der Waals surface area contributed by atoms with Crippen LogP contribution in [-0.4, -0.2) is 37.7 Å².